The molecule has 32 heavy (non-hydrogen) atoms. The molecule has 1 heterocycles. The summed E-state index contributed by atoms with van der Waals surface area (Å²) in [6.07, 6.45) is 8.58. The van der Waals surface area contributed by atoms with Crippen LogP contribution in [0.25, 0.3) is 0 Å². The van der Waals surface area contributed by atoms with E-state index in [1.807, 2.05) is 0 Å². The molecule has 2 unspecified atom stereocenters. The van der Waals surface area contributed by atoms with Crippen LogP contribution in [0.5, 0.6) is 0 Å². The Morgan fingerprint density at radius 2 is 1.50 bits per heavy atom. The molecule has 0 radical (unpaired) electrons. The van der Waals surface area contributed by atoms with E-state index in [-0.39, 0.29) is 17.6 Å². The number of hydrogen-bond donors (Lipinski definition) is 1. The smallest absolute Gasteiger partial charge is 0.163 e. The quantitative estimate of drug-likeness (QED) is 0.560. The second-order valence-corrected chi connectivity index (χ2v) is 13.1. The predicted octanol–water partition coefficient (Wildman–Crippen LogP) is 6.29. The monoisotopic (exact) mass is 438 g/mol. The van der Waals surface area contributed by atoms with E-state index in [9.17, 15) is 5.11 Å². The second-order valence-electron chi connectivity index (χ2n) is 13.1. The van der Waals surface area contributed by atoms with Crippen molar-refractivity contribution in [3.8, 4) is 0 Å². The fraction of sp³-hybridized carbons (Fsp3) is 0.793. The summed E-state index contributed by atoms with van der Waals surface area (Å²) < 4.78 is 13.5. The van der Waals surface area contributed by atoms with E-state index in [0.29, 0.717) is 29.1 Å². The normalized spacial score (nSPS) is 53.8. The molecule has 5 fully saturated rings. The molecule has 1 saturated heterocycles. The van der Waals surface area contributed by atoms with E-state index >= 15 is 0 Å². The first-order valence-electron chi connectivity index (χ1n) is 13.2. The fourth-order valence-electron chi connectivity index (χ4n) is 9.59. The molecule has 6 rings (SSSR count). The van der Waals surface area contributed by atoms with E-state index in [4.69, 9.17) is 9.47 Å². The highest BCUT2D eigenvalue weighted by molar-refractivity contribution is 5.30. The van der Waals surface area contributed by atoms with Crippen molar-refractivity contribution in [3.05, 3.63) is 35.9 Å². The van der Waals surface area contributed by atoms with E-state index in [0.717, 1.165) is 30.7 Å². The first kappa shape index (κ1) is 21.6. The van der Waals surface area contributed by atoms with Crippen LogP contribution in [0.2, 0.25) is 0 Å². The van der Waals surface area contributed by atoms with Crippen molar-refractivity contribution in [2.75, 3.05) is 0 Å². The zero-order chi connectivity index (χ0) is 22.5. The summed E-state index contributed by atoms with van der Waals surface area (Å²) in [7, 11) is 0. The highest BCUT2D eigenvalue weighted by Gasteiger charge is 2.70. The Labute approximate surface area is 194 Å². The van der Waals surface area contributed by atoms with Crippen LogP contribution in [0.4, 0.5) is 0 Å². The summed E-state index contributed by atoms with van der Waals surface area (Å²) in [6.45, 7) is 11.6. The van der Waals surface area contributed by atoms with Crippen molar-refractivity contribution < 1.29 is 14.6 Å². The summed E-state index contributed by atoms with van der Waals surface area (Å²) in [5, 5.41) is 12.2. The Morgan fingerprint density at radius 3 is 2.25 bits per heavy atom. The van der Waals surface area contributed by atoms with Crippen LogP contribution in [0.1, 0.15) is 85.1 Å². The first-order valence-corrected chi connectivity index (χ1v) is 13.2. The van der Waals surface area contributed by atoms with Gasteiger partial charge in [0.15, 0.2) is 5.79 Å². The van der Waals surface area contributed by atoms with Crippen molar-refractivity contribution >= 4 is 0 Å². The highest BCUT2D eigenvalue weighted by atomic mass is 16.8. The lowest BCUT2D eigenvalue weighted by molar-refractivity contribution is -0.202. The van der Waals surface area contributed by atoms with Crippen molar-refractivity contribution in [2.45, 2.75) is 103 Å². The maximum atomic E-state index is 12.2. The minimum absolute atomic E-state index is 0.110. The van der Waals surface area contributed by atoms with Gasteiger partial charge in [0.1, 0.15) is 0 Å². The van der Waals surface area contributed by atoms with Gasteiger partial charge in [0.25, 0.3) is 0 Å². The van der Waals surface area contributed by atoms with Crippen molar-refractivity contribution in [1.29, 1.82) is 0 Å². The van der Waals surface area contributed by atoms with Crippen LogP contribution in [0.15, 0.2) is 30.3 Å². The minimum atomic E-state index is -0.743. The zero-order valence-electron chi connectivity index (χ0n) is 20.6. The number of ether oxygens (including phenoxy) is 2. The van der Waals surface area contributed by atoms with E-state index in [1.54, 1.807) is 0 Å². The van der Waals surface area contributed by atoms with E-state index in [2.05, 4.69) is 65.0 Å². The Bertz CT molecular complexity index is 882. The number of rotatable bonds is 1. The molecule has 1 N–H and O–H groups in total. The van der Waals surface area contributed by atoms with Gasteiger partial charge in [-0.15, -0.1) is 0 Å². The summed E-state index contributed by atoms with van der Waals surface area (Å²) in [5.41, 5.74) is 0.584. The van der Waals surface area contributed by atoms with Gasteiger partial charge in [0.05, 0.1) is 17.8 Å². The van der Waals surface area contributed by atoms with Crippen molar-refractivity contribution in [3.63, 3.8) is 0 Å². The predicted molar refractivity (Wildman–Crippen MR) is 126 cm³/mol. The molecule has 1 aromatic rings. The van der Waals surface area contributed by atoms with Gasteiger partial charge >= 0.3 is 0 Å². The molecular formula is C29H42O3. The third-order valence-electron chi connectivity index (χ3n) is 11.2. The van der Waals surface area contributed by atoms with Crippen LogP contribution in [-0.4, -0.2) is 23.1 Å². The Hall–Kier alpha value is -0.900. The van der Waals surface area contributed by atoms with Gasteiger partial charge in [0, 0.05) is 5.41 Å². The molecule has 1 aromatic carbocycles. The molecule has 0 bridgehead atoms. The summed E-state index contributed by atoms with van der Waals surface area (Å²) in [6, 6.07) is 10.5. The van der Waals surface area contributed by atoms with Crippen LogP contribution in [0, 0.1) is 40.4 Å². The van der Waals surface area contributed by atoms with E-state index in [1.165, 1.54) is 25.7 Å². The third kappa shape index (κ3) is 2.71. The van der Waals surface area contributed by atoms with Crippen LogP contribution >= 0.6 is 0 Å². The largest absolute Gasteiger partial charge is 0.385 e. The lowest BCUT2D eigenvalue weighted by Gasteiger charge is -2.64. The summed E-state index contributed by atoms with van der Waals surface area (Å²) >= 11 is 0. The molecule has 0 spiro atoms. The molecular weight excluding hydrogens is 396 g/mol. The lowest BCUT2D eigenvalue weighted by Crippen LogP contribution is -2.63. The number of fused-ring (bicyclic) bond motifs is 8. The van der Waals surface area contributed by atoms with Gasteiger partial charge in [-0.3, -0.25) is 0 Å². The summed E-state index contributed by atoms with van der Waals surface area (Å²) in [4.78, 5) is 0. The molecule has 5 aliphatic rings. The molecule has 3 nitrogen and oxygen atoms in total. The van der Waals surface area contributed by atoms with Gasteiger partial charge in [-0.25, -0.2) is 0 Å². The maximum absolute atomic E-state index is 12.2. The summed E-state index contributed by atoms with van der Waals surface area (Å²) in [5.74, 6) is 2.50. The van der Waals surface area contributed by atoms with Crippen molar-refractivity contribution in [1.82, 2.24) is 0 Å². The second kappa shape index (κ2) is 6.83. The van der Waals surface area contributed by atoms with Gasteiger partial charge in [-0.2, -0.15) is 0 Å². The molecule has 176 valence electrons. The average molecular weight is 439 g/mol. The standard InChI is InChI=1S/C29H42O3/c1-18-11-14-27(4)20-12-15-28(5)21(13-16-29(28,30)19-9-7-6-8-10-19)23(20)25-24(22(27)17-18)31-26(2,3)32-25/h6-10,18,20-25,30H,11-17H2,1-5H3/t18-,20-,21-,22?,23?,24+,25+,27+,28-,29+/m0/s1. The third-order valence-corrected chi connectivity index (χ3v) is 11.2. The van der Waals surface area contributed by atoms with Crippen LogP contribution in [-0.2, 0) is 15.1 Å². The molecule has 10 atom stereocenters. The van der Waals surface area contributed by atoms with Gasteiger partial charge < -0.3 is 14.6 Å². The van der Waals surface area contributed by atoms with Crippen LogP contribution in [0.3, 0.4) is 0 Å². The molecule has 4 aliphatic carbocycles. The fourth-order valence-corrected chi connectivity index (χ4v) is 9.59. The number of hydrogen-bond acceptors (Lipinski definition) is 3. The zero-order valence-corrected chi connectivity index (χ0v) is 20.6. The SMILES string of the molecule is C[C@H]1CC[C@@]2(C)C(C1)[C@H]1OC(C)(C)O[C@@H]1C1[C@@H]2CC[C@@]2(C)[C@H]1CC[C@@]2(O)c1ccccc1. The first-order chi connectivity index (χ1) is 15.1. The molecule has 3 heteroatoms. The number of benzene rings is 1. The molecule has 1 aliphatic heterocycles. The Morgan fingerprint density at radius 1 is 0.812 bits per heavy atom. The van der Waals surface area contributed by atoms with Gasteiger partial charge in [-0.05, 0) is 92.9 Å². The molecule has 4 saturated carbocycles. The maximum Gasteiger partial charge on any atom is 0.163 e. The van der Waals surface area contributed by atoms with E-state index < -0.39 is 11.4 Å². The topological polar surface area (TPSA) is 38.7 Å². The lowest BCUT2D eigenvalue weighted by atomic mass is 9.42. The van der Waals surface area contributed by atoms with Crippen molar-refractivity contribution in [2.24, 2.45) is 40.4 Å². The Balaban J connectivity index is 1.43. The molecule has 0 amide bonds. The van der Waals surface area contributed by atoms with Crippen LogP contribution < -0.4 is 0 Å². The highest BCUT2D eigenvalue weighted by Crippen LogP contribution is 2.71. The average Bonchev–Trinajstić information content (AvgIpc) is 3.23. The van der Waals surface area contributed by atoms with Gasteiger partial charge in [-0.1, -0.05) is 57.5 Å². The minimum Gasteiger partial charge on any atom is -0.385 e. The molecule has 0 aromatic heterocycles. The number of aliphatic hydroxyl groups is 1. The Kier molecular flexibility index (Phi) is 4.61. The van der Waals surface area contributed by atoms with Gasteiger partial charge in [0.2, 0.25) is 0 Å².